The summed E-state index contributed by atoms with van der Waals surface area (Å²) in [5.41, 5.74) is 5.07. The van der Waals surface area contributed by atoms with E-state index in [4.69, 9.17) is 14.5 Å². The van der Waals surface area contributed by atoms with E-state index in [-0.39, 0.29) is 11.9 Å². The van der Waals surface area contributed by atoms with Crippen LogP contribution in [0.2, 0.25) is 0 Å². The lowest BCUT2D eigenvalue weighted by atomic mass is 10.1. The highest BCUT2D eigenvalue weighted by atomic mass is 32.1. The standard InChI is InChI=1S/C25H28N2O3S/c1-16-11-17(2)18(3)23(12-16)30-14-24-26-19(15-31-24)13-27(20-9-10-20)25(28)21-7-5-6-8-22(21)29-4/h5-8,11-12,15,20H,9-10,13-14H2,1-4H3. The normalized spacial score (nSPS) is 13.2. The lowest BCUT2D eigenvalue weighted by molar-refractivity contribution is 0.0724. The molecule has 31 heavy (non-hydrogen) atoms. The van der Waals surface area contributed by atoms with E-state index in [1.165, 1.54) is 11.1 Å². The Morgan fingerprint density at radius 1 is 1.16 bits per heavy atom. The van der Waals surface area contributed by atoms with Crippen molar-refractivity contribution in [1.82, 2.24) is 9.88 Å². The number of rotatable bonds is 8. The number of aryl methyl sites for hydroxylation is 2. The third-order valence-electron chi connectivity index (χ3n) is 5.63. The Labute approximate surface area is 187 Å². The average Bonchev–Trinajstić information content (AvgIpc) is 3.51. The van der Waals surface area contributed by atoms with Crippen LogP contribution in [0.3, 0.4) is 0 Å². The van der Waals surface area contributed by atoms with E-state index in [0.29, 0.717) is 24.5 Å². The van der Waals surface area contributed by atoms with Gasteiger partial charge in [0.2, 0.25) is 0 Å². The highest BCUT2D eigenvalue weighted by Crippen LogP contribution is 2.32. The minimum atomic E-state index is -0.00314. The summed E-state index contributed by atoms with van der Waals surface area (Å²) in [7, 11) is 1.59. The molecule has 0 radical (unpaired) electrons. The Kier molecular flexibility index (Phi) is 6.28. The molecule has 0 spiro atoms. The van der Waals surface area contributed by atoms with Gasteiger partial charge in [-0.1, -0.05) is 18.2 Å². The van der Waals surface area contributed by atoms with Crippen molar-refractivity contribution in [3.63, 3.8) is 0 Å². The van der Waals surface area contributed by atoms with Crippen molar-refractivity contribution in [3.8, 4) is 11.5 Å². The number of methoxy groups -OCH3 is 1. The molecule has 0 atom stereocenters. The molecule has 0 aliphatic heterocycles. The van der Waals surface area contributed by atoms with Gasteiger partial charge in [0.1, 0.15) is 23.1 Å². The fourth-order valence-electron chi connectivity index (χ4n) is 3.68. The quantitative estimate of drug-likeness (QED) is 0.470. The summed E-state index contributed by atoms with van der Waals surface area (Å²) < 4.78 is 11.5. The maximum atomic E-state index is 13.2. The van der Waals surface area contributed by atoms with Gasteiger partial charge in [0.15, 0.2) is 0 Å². The zero-order valence-corrected chi connectivity index (χ0v) is 19.3. The van der Waals surface area contributed by atoms with Gasteiger partial charge in [-0.3, -0.25) is 4.79 Å². The molecule has 5 nitrogen and oxygen atoms in total. The summed E-state index contributed by atoms with van der Waals surface area (Å²) in [6.07, 6.45) is 2.07. The molecule has 4 rings (SSSR count). The van der Waals surface area contributed by atoms with Gasteiger partial charge < -0.3 is 14.4 Å². The van der Waals surface area contributed by atoms with Gasteiger partial charge in [-0.25, -0.2) is 4.98 Å². The average molecular weight is 437 g/mol. The van der Waals surface area contributed by atoms with Gasteiger partial charge >= 0.3 is 0 Å². The molecule has 0 bridgehead atoms. The highest BCUT2D eigenvalue weighted by Gasteiger charge is 2.34. The van der Waals surface area contributed by atoms with Crippen molar-refractivity contribution in [1.29, 1.82) is 0 Å². The number of aromatic nitrogens is 1. The molecule has 2 aromatic carbocycles. The van der Waals surface area contributed by atoms with Gasteiger partial charge in [-0.2, -0.15) is 0 Å². The van der Waals surface area contributed by atoms with E-state index >= 15 is 0 Å². The van der Waals surface area contributed by atoms with E-state index in [1.54, 1.807) is 18.4 Å². The summed E-state index contributed by atoms with van der Waals surface area (Å²) in [6, 6.07) is 11.9. The molecule has 1 fully saturated rings. The SMILES string of the molecule is COc1ccccc1C(=O)N(Cc1csc(COc2cc(C)cc(C)c2C)n1)C1CC1. The first-order chi connectivity index (χ1) is 15.0. The highest BCUT2D eigenvalue weighted by molar-refractivity contribution is 7.09. The zero-order valence-electron chi connectivity index (χ0n) is 18.5. The van der Waals surface area contributed by atoms with Crippen LogP contribution in [0.25, 0.3) is 0 Å². The number of ether oxygens (including phenoxy) is 2. The number of hydrogen-bond acceptors (Lipinski definition) is 5. The van der Waals surface area contributed by atoms with Gasteiger partial charge in [-0.05, 0) is 68.5 Å². The third-order valence-corrected chi connectivity index (χ3v) is 6.50. The second kappa shape index (κ2) is 9.10. The molecular formula is C25H28N2O3S. The Morgan fingerprint density at radius 2 is 1.94 bits per heavy atom. The summed E-state index contributed by atoms with van der Waals surface area (Å²) in [6.45, 7) is 7.18. The molecule has 0 unspecified atom stereocenters. The minimum Gasteiger partial charge on any atom is -0.496 e. The smallest absolute Gasteiger partial charge is 0.258 e. The monoisotopic (exact) mass is 436 g/mol. The van der Waals surface area contributed by atoms with E-state index < -0.39 is 0 Å². The molecule has 3 aromatic rings. The number of carbonyl (C=O) groups excluding carboxylic acids is 1. The molecule has 1 heterocycles. The fraction of sp³-hybridized carbons (Fsp3) is 0.360. The van der Waals surface area contributed by atoms with Gasteiger partial charge in [-0.15, -0.1) is 11.3 Å². The second-order valence-corrected chi connectivity index (χ2v) is 9.03. The lowest BCUT2D eigenvalue weighted by Gasteiger charge is -2.22. The molecule has 0 N–H and O–H groups in total. The van der Waals surface area contributed by atoms with E-state index in [1.807, 2.05) is 34.5 Å². The second-order valence-electron chi connectivity index (χ2n) is 8.09. The summed E-state index contributed by atoms with van der Waals surface area (Å²) in [4.78, 5) is 19.9. The molecule has 1 amide bonds. The van der Waals surface area contributed by atoms with Gasteiger partial charge in [0.25, 0.3) is 5.91 Å². The molecular weight excluding hydrogens is 408 g/mol. The van der Waals surface area contributed by atoms with Crippen molar-refractivity contribution < 1.29 is 14.3 Å². The summed E-state index contributed by atoms with van der Waals surface area (Å²) in [5, 5.41) is 2.94. The Bertz CT molecular complexity index is 1090. The van der Waals surface area contributed by atoms with E-state index in [9.17, 15) is 4.79 Å². The number of thiazole rings is 1. The maximum Gasteiger partial charge on any atom is 0.258 e. The first kappa shape index (κ1) is 21.4. The van der Waals surface area contributed by atoms with Crippen LogP contribution in [-0.2, 0) is 13.2 Å². The Morgan fingerprint density at radius 3 is 2.68 bits per heavy atom. The number of benzene rings is 2. The predicted octanol–water partition coefficient (Wildman–Crippen LogP) is 5.46. The first-order valence-corrected chi connectivity index (χ1v) is 11.4. The van der Waals surface area contributed by atoms with E-state index in [2.05, 4.69) is 32.9 Å². The first-order valence-electron chi connectivity index (χ1n) is 10.5. The maximum absolute atomic E-state index is 13.2. The molecule has 0 saturated heterocycles. The molecule has 1 aliphatic rings. The van der Waals surface area contributed by atoms with Gasteiger partial charge in [0.05, 0.1) is 24.9 Å². The number of amides is 1. The zero-order chi connectivity index (χ0) is 22.0. The van der Waals surface area contributed by atoms with Crippen LogP contribution in [0, 0.1) is 20.8 Å². The molecule has 6 heteroatoms. The number of nitrogens with zero attached hydrogens (tertiary/aromatic N) is 2. The summed E-state index contributed by atoms with van der Waals surface area (Å²) >= 11 is 1.57. The van der Waals surface area contributed by atoms with Crippen molar-refractivity contribution in [2.75, 3.05) is 7.11 Å². The lowest BCUT2D eigenvalue weighted by Crippen LogP contribution is -2.33. The summed E-state index contributed by atoms with van der Waals surface area (Å²) in [5.74, 6) is 1.51. The molecule has 1 aliphatic carbocycles. The van der Waals surface area contributed by atoms with Gasteiger partial charge in [0, 0.05) is 11.4 Å². The largest absolute Gasteiger partial charge is 0.496 e. The van der Waals surface area contributed by atoms with Crippen LogP contribution >= 0.6 is 11.3 Å². The van der Waals surface area contributed by atoms with Crippen molar-refractivity contribution in [2.24, 2.45) is 0 Å². The molecule has 1 aromatic heterocycles. The number of carbonyl (C=O) groups is 1. The van der Waals surface area contributed by atoms with E-state index in [0.717, 1.165) is 34.9 Å². The molecule has 1 saturated carbocycles. The van der Waals surface area contributed by atoms with Crippen LogP contribution in [0.1, 0.15) is 50.6 Å². The van der Waals surface area contributed by atoms with Crippen LogP contribution < -0.4 is 9.47 Å². The number of para-hydroxylation sites is 1. The van der Waals surface area contributed by atoms with Crippen LogP contribution in [0.15, 0.2) is 41.8 Å². The Hall–Kier alpha value is -2.86. The minimum absolute atomic E-state index is 0.00314. The van der Waals surface area contributed by atoms with Crippen molar-refractivity contribution >= 4 is 17.2 Å². The fourth-order valence-corrected chi connectivity index (χ4v) is 4.38. The number of hydrogen-bond donors (Lipinski definition) is 0. The van der Waals surface area contributed by atoms with Crippen molar-refractivity contribution in [2.45, 2.75) is 52.8 Å². The third kappa shape index (κ3) is 4.90. The van der Waals surface area contributed by atoms with Crippen LogP contribution in [0.4, 0.5) is 0 Å². The molecule has 162 valence electrons. The van der Waals surface area contributed by atoms with Crippen LogP contribution in [0.5, 0.6) is 11.5 Å². The topological polar surface area (TPSA) is 51.7 Å². The Balaban J connectivity index is 1.45. The predicted molar refractivity (Wildman–Crippen MR) is 123 cm³/mol. The van der Waals surface area contributed by atoms with Crippen LogP contribution in [-0.4, -0.2) is 28.9 Å². The van der Waals surface area contributed by atoms with Crippen molar-refractivity contribution in [3.05, 3.63) is 74.7 Å².